The Balaban J connectivity index is 1.65. The number of fused-ring (bicyclic) bond motifs is 1. The summed E-state index contributed by atoms with van der Waals surface area (Å²) >= 11 is 6.66. The summed E-state index contributed by atoms with van der Waals surface area (Å²) in [4.78, 5) is 14.5. The topological polar surface area (TPSA) is 50.2 Å². The highest BCUT2D eigenvalue weighted by Gasteiger charge is 2.43. The fraction of sp³-hybridized carbons (Fsp3) is 0.444. The average Bonchev–Trinajstić information content (AvgIpc) is 3.06. The van der Waals surface area contributed by atoms with Crippen LogP contribution in [0.1, 0.15) is 42.2 Å². The van der Waals surface area contributed by atoms with Gasteiger partial charge in [0.05, 0.1) is 18.3 Å². The van der Waals surface area contributed by atoms with Gasteiger partial charge in [0.1, 0.15) is 11.3 Å². The SMILES string of the molecule is Cc1nn(Cc2ccccc2)c(Cl)c1C1NC(=O)C2CCCCN21. The van der Waals surface area contributed by atoms with Crippen molar-refractivity contribution in [2.24, 2.45) is 0 Å². The van der Waals surface area contributed by atoms with Crippen molar-refractivity contribution >= 4 is 17.5 Å². The Bertz CT molecular complexity index is 758. The van der Waals surface area contributed by atoms with Gasteiger partial charge >= 0.3 is 0 Å². The third-order valence-corrected chi connectivity index (χ3v) is 5.41. The monoisotopic (exact) mass is 344 g/mol. The first kappa shape index (κ1) is 15.7. The zero-order valence-electron chi connectivity index (χ0n) is 13.7. The number of nitrogens with zero attached hydrogens (tertiary/aromatic N) is 3. The van der Waals surface area contributed by atoms with Crippen LogP contribution in [0.15, 0.2) is 30.3 Å². The molecule has 24 heavy (non-hydrogen) atoms. The molecule has 2 fully saturated rings. The molecule has 2 aliphatic heterocycles. The summed E-state index contributed by atoms with van der Waals surface area (Å²) in [5.41, 5.74) is 2.97. The number of halogens is 1. The number of aryl methyl sites for hydroxylation is 1. The Morgan fingerprint density at radius 2 is 2.08 bits per heavy atom. The first-order valence-electron chi connectivity index (χ1n) is 8.48. The molecular formula is C18H21ClN4O. The van der Waals surface area contributed by atoms with Crippen LogP contribution in [0.3, 0.4) is 0 Å². The van der Waals surface area contributed by atoms with E-state index < -0.39 is 0 Å². The van der Waals surface area contributed by atoms with Crippen LogP contribution in [0, 0.1) is 6.92 Å². The normalized spacial score (nSPS) is 24.0. The summed E-state index contributed by atoms with van der Waals surface area (Å²) in [5.74, 6) is 0.117. The second-order valence-corrected chi connectivity index (χ2v) is 6.95. The maximum Gasteiger partial charge on any atom is 0.238 e. The van der Waals surface area contributed by atoms with Crippen molar-refractivity contribution in [3.05, 3.63) is 52.3 Å². The highest BCUT2D eigenvalue weighted by Crippen LogP contribution is 2.36. The predicted octanol–water partition coefficient (Wildman–Crippen LogP) is 2.88. The molecule has 1 aromatic carbocycles. The molecule has 6 heteroatoms. The zero-order chi connectivity index (χ0) is 16.7. The summed E-state index contributed by atoms with van der Waals surface area (Å²) in [7, 11) is 0. The number of hydrogen-bond donors (Lipinski definition) is 1. The van der Waals surface area contributed by atoms with Gasteiger partial charge in [0.2, 0.25) is 5.91 Å². The van der Waals surface area contributed by atoms with E-state index in [1.807, 2.05) is 29.8 Å². The molecule has 0 spiro atoms. The molecule has 2 saturated heterocycles. The Kier molecular flexibility index (Phi) is 4.06. The molecule has 2 unspecified atom stereocenters. The average molecular weight is 345 g/mol. The molecule has 0 radical (unpaired) electrons. The number of nitrogens with one attached hydrogen (secondary N) is 1. The molecule has 2 atom stereocenters. The van der Waals surface area contributed by atoms with Gasteiger partial charge in [-0.2, -0.15) is 5.10 Å². The third-order valence-electron chi connectivity index (χ3n) is 5.02. The Morgan fingerprint density at radius 3 is 2.88 bits per heavy atom. The molecule has 0 saturated carbocycles. The van der Waals surface area contributed by atoms with E-state index in [1.54, 1.807) is 0 Å². The number of benzene rings is 1. The molecule has 5 nitrogen and oxygen atoms in total. The van der Waals surface area contributed by atoms with Gasteiger partial charge in [-0.3, -0.25) is 9.69 Å². The molecule has 2 aliphatic rings. The maximum absolute atomic E-state index is 12.3. The van der Waals surface area contributed by atoms with Gasteiger partial charge in [-0.15, -0.1) is 0 Å². The predicted molar refractivity (Wildman–Crippen MR) is 92.7 cm³/mol. The Morgan fingerprint density at radius 1 is 1.29 bits per heavy atom. The molecule has 0 bridgehead atoms. The fourth-order valence-electron chi connectivity index (χ4n) is 3.84. The van der Waals surface area contributed by atoms with Crippen molar-refractivity contribution < 1.29 is 4.79 Å². The number of hydrogen-bond acceptors (Lipinski definition) is 3. The van der Waals surface area contributed by atoms with E-state index in [2.05, 4.69) is 27.4 Å². The van der Waals surface area contributed by atoms with Crippen LogP contribution in [-0.2, 0) is 11.3 Å². The first-order chi connectivity index (χ1) is 11.6. The smallest absolute Gasteiger partial charge is 0.238 e. The molecule has 3 heterocycles. The molecule has 1 aromatic heterocycles. The van der Waals surface area contributed by atoms with Crippen molar-refractivity contribution in [3.8, 4) is 0 Å². The van der Waals surface area contributed by atoms with Gasteiger partial charge in [0, 0.05) is 12.1 Å². The van der Waals surface area contributed by atoms with Crippen LogP contribution in [-0.4, -0.2) is 33.2 Å². The summed E-state index contributed by atoms with van der Waals surface area (Å²) in [6.07, 6.45) is 3.01. The molecule has 1 amide bonds. The van der Waals surface area contributed by atoms with E-state index in [9.17, 15) is 4.79 Å². The van der Waals surface area contributed by atoms with Crippen molar-refractivity contribution in [2.75, 3.05) is 6.54 Å². The van der Waals surface area contributed by atoms with Crippen molar-refractivity contribution in [2.45, 2.75) is 44.9 Å². The standard InChI is InChI=1S/C18H21ClN4O/c1-12-15(17-20-18(24)14-9-5-6-10-22(14)17)16(19)23(21-12)11-13-7-3-2-4-8-13/h2-4,7-8,14,17H,5-6,9-11H2,1H3,(H,20,24). The zero-order valence-corrected chi connectivity index (χ0v) is 14.5. The van der Waals surface area contributed by atoms with Gasteiger partial charge < -0.3 is 5.32 Å². The van der Waals surface area contributed by atoms with Gasteiger partial charge in [0.15, 0.2) is 0 Å². The van der Waals surface area contributed by atoms with E-state index in [-0.39, 0.29) is 18.1 Å². The highest BCUT2D eigenvalue weighted by atomic mass is 35.5. The van der Waals surface area contributed by atoms with Crippen molar-refractivity contribution in [1.29, 1.82) is 0 Å². The second kappa shape index (κ2) is 6.22. The van der Waals surface area contributed by atoms with E-state index in [4.69, 9.17) is 11.6 Å². The lowest BCUT2D eigenvalue weighted by atomic mass is 10.0. The lowest BCUT2D eigenvalue weighted by Crippen LogP contribution is -2.38. The lowest BCUT2D eigenvalue weighted by Gasteiger charge is -2.31. The van der Waals surface area contributed by atoms with Gasteiger partial charge in [-0.05, 0) is 25.3 Å². The molecule has 2 aromatic rings. The largest absolute Gasteiger partial charge is 0.335 e. The molecule has 4 rings (SSSR count). The fourth-order valence-corrected chi connectivity index (χ4v) is 4.17. The minimum absolute atomic E-state index is 0.0170. The van der Waals surface area contributed by atoms with Crippen LogP contribution < -0.4 is 5.32 Å². The minimum Gasteiger partial charge on any atom is -0.335 e. The molecule has 126 valence electrons. The number of amides is 1. The number of aromatic nitrogens is 2. The lowest BCUT2D eigenvalue weighted by molar-refractivity contribution is -0.122. The summed E-state index contributed by atoms with van der Waals surface area (Å²) < 4.78 is 1.82. The van der Waals surface area contributed by atoms with Crippen LogP contribution in [0.25, 0.3) is 0 Å². The number of rotatable bonds is 3. The van der Waals surface area contributed by atoms with Crippen LogP contribution >= 0.6 is 11.6 Å². The Hall–Kier alpha value is -1.85. The van der Waals surface area contributed by atoms with E-state index in [0.29, 0.717) is 11.7 Å². The maximum atomic E-state index is 12.3. The second-order valence-electron chi connectivity index (χ2n) is 6.59. The van der Waals surface area contributed by atoms with E-state index in [0.717, 1.165) is 42.6 Å². The van der Waals surface area contributed by atoms with Crippen molar-refractivity contribution in [1.82, 2.24) is 20.0 Å². The van der Waals surface area contributed by atoms with Gasteiger partial charge in [-0.25, -0.2) is 4.68 Å². The number of carbonyl (C=O) groups excluding carboxylic acids is 1. The molecule has 1 N–H and O–H groups in total. The first-order valence-corrected chi connectivity index (χ1v) is 8.86. The summed E-state index contributed by atoms with van der Waals surface area (Å²) in [5, 5.41) is 8.36. The van der Waals surface area contributed by atoms with Crippen LogP contribution in [0.4, 0.5) is 0 Å². The van der Waals surface area contributed by atoms with Crippen molar-refractivity contribution in [3.63, 3.8) is 0 Å². The highest BCUT2D eigenvalue weighted by molar-refractivity contribution is 6.30. The van der Waals surface area contributed by atoms with E-state index >= 15 is 0 Å². The third kappa shape index (κ3) is 2.62. The van der Waals surface area contributed by atoms with Crippen LogP contribution in [0.2, 0.25) is 5.15 Å². The number of carbonyl (C=O) groups is 1. The van der Waals surface area contributed by atoms with Gasteiger partial charge in [-0.1, -0.05) is 48.4 Å². The van der Waals surface area contributed by atoms with Gasteiger partial charge in [0.25, 0.3) is 0 Å². The summed E-state index contributed by atoms with van der Waals surface area (Å²) in [6.45, 7) is 3.52. The number of piperidine rings is 1. The minimum atomic E-state index is -0.153. The molecular weight excluding hydrogens is 324 g/mol. The Labute approximate surface area is 146 Å². The quantitative estimate of drug-likeness (QED) is 0.931. The molecule has 0 aliphatic carbocycles. The summed E-state index contributed by atoms with van der Waals surface area (Å²) in [6, 6.07) is 10.1. The van der Waals surface area contributed by atoms with E-state index in [1.165, 1.54) is 0 Å². The van der Waals surface area contributed by atoms with Crippen LogP contribution in [0.5, 0.6) is 0 Å².